The molecule has 0 aliphatic rings. The molecule has 3 rings (SSSR count). The summed E-state index contributed by atoms with van der Waals surface area (Å²) in [5, 5.41) is 4.00. The van der Waals surface area contributed by atoms with Crippen LogP contribution in [0.5, 0.6) is 0 Å². The van der Waals surface area contributed by atoms with E-state index in [1.807, 2.05) is 43.3 Å². The fourth-order valence-corrected chi connectivity index (χ4v) is 2.64. The number of nitrogens with one attached hydrogen (secondary N) is 1. The quantitative estimate of drug-likeness (QED) is 0.740. The second-order valence-electron chi connectivity index (χ2n) is 5.44. The molecule has 0 aliphatic carbocycles. The van der Waals surface area contributed by atoms with Gasteiger partial charge in [-0.15, -0.1) is 0 Å². The Balaban J connectivity index is 1.78. The van der Waals surface area contributed by atoms with Gasteiger partial charge in [0.1, 0.15) is 5.82 Å². The molecule has 0 saturated heterocycles. The summed E-state index contributed by atoms with van der Waals surface area (Å²) in [6, 6.07) is 11.6. The van der Waals surface area contributed by atoms with Gasteiger partial charge in [0, 0.05) is 35.6 Å². The van der Waals surface area contributed by atoms with Gasteiger partial charge < -0.3 is 11.1 Å². The lowest BCUT2D eigenvalue weighted by Gasteiger charge is -2.11. The van der Waals surface area contributed by atoms with Crippen LogP contribution >= 0.6 is 11.6 Å². The predicted molar refractivity (Wildman–Crippen MR) is 98.1 cm³/mol. The first-order valence-electron chi connectivity index (χ1n) is 7.66. The maximum absolute atomic E-state index is 6.20. The minimum atomic E-state index is 0.235. The number of halogens is 1. The fraction of sp³-hybridized carbons (Fsp3) is 0.167. The third kappa shape index (κ3) is 3.81. The van der Waals surface area contributed by atoms with Crippen LogP contribution in [0.4, 0.5) is 11.8 Å². The van der Waals surface area contributed by atoms with Crippen LogP contribution in [0.2, 0.25) is 5.02 Å². The highest BCUT2D eigenvalue weighted by Crippen LogP contribution is 2.28. The van der Waals surface area contributed by atoms with Crippen molar-refractivity contribution in [1.82, 2.24) is 15.0 Å². The first-order chi connectivity index (χ1) is 11.6. The summed E-state index contributed by atoms with van der Waals surface area (Å²) in [7, 11) is 0. The zero-order chi connectivity index (χ0) is 16.9. The van der Waals surface area contributed by atoms with Crippen molar-refractivity contribution in [2.45, 2.75) is 13.3 Å². The first kappa shape index (κ1) is 16.2. The van der Waals surface area contributed by atoms with Gasteiger partial charge in [0.15, 0.2) is 0 Å². The van der Waals surface area contributed by atoms with Crippen LogP contribution in [0.3, 0.4) is 0 Å². The SMILES string of the molecule is Cc1c(Cl)cccc1-c1cc(NCCc2ccncc2)nc(N)n1. The van der Waals surface area contributed by atoms with Gasteiger partial charge in [0.25, 0.3) is 0 Å². The van der Waals surface area contributed by atoms with Gasteiger partial charge in [-0.3, -0.25) is 4.98 Å². The molecule has 0 spiro atoms. The number of rotatable bonds is 5. The van der Waals surface area contributed by atoms with Crippen LogP contribution in [0, 0.1) is 6.92 Å². The predicted octanol–water partition coefficient (Wildman–Crippen LogP) is 3.74. The van der Waals surface area contributed by atoms with Crippen molar-refractivity contribution < 1.29 is 0 Å². The number of anilines is 2. The normalized spacial score (nSPS) is 10.6. The van der Waals surface area contributed by atoms with Gasteiger partial charge in [-0.05, 0) is 42.7 Å². The second kappa shape index (κ2) is 7.27. The smallest absolute Gasteiger partial charge is 0.222 e. The minimum Gasteiger partial charge on any atom is -0.370 e. The number of pyridine rings is 1. The fourth-order valence-electron chi connectivity index (χ4n) is 2.46. The van der Waals surface area contributed by atoms with E-state index in [2.05, 4.69) is 20.3 Å². The van der Waals surface area contributed by atoms with Crippen molar-refractivity contribution in [1.29, 1.82) is 0 Å². The number of aromatic nitrogens is 3. The van der Waals surface area contributed by atoms with Crippen molar-refractivity contribution in [2.75, 3.05) is 17.6 Å². The molecule has 1 aromatic carbocycles. The molecular weight excluding hydrogens is 322 g/mol. The lowest BCUT2D eigenvalue weighted by atomic mass is 10.1. The Bertz CT molecular complexity index is 836. The first-order valence-corrected chi connectivity index (χ1v) is 8.04. The molecule has 0 radical (unpaired) electrons. The second-order valence-corrected chi connectivity index (χ2v) is 5.85. The topological polar surface area (TPSA) is 76.7 Å². The van der Waals surface area contributed by atoms with Crippen molar-refractivity contribution in [3.8, 4) is 11.3 Å². The molecule has 0 amide bonds. The van der Waals surface area contributed by atoms with Crippen LogP contribution in [0.15, 0.2) is 48.8 Å². The highest BCUT2D eigenvalue weighted by molar-refractivity contribution is 6.31. The average Bonchev–Trinajstić information content (AvgIpc) is 2.58. The van der Waals surface area contributed by atoms with Gasteiger partial charge in [-0.25, -0.2) is 4.98 Å². The third-order valence-corrected chi connectivity index (χ3v) is 4.17. The molecule has 3 N–H and O–H groups in total. The number of benzene rings is 1. The third-order valence-electron chi connectivity index (χ3n) is 3.76. The van der Waals surface area contributed by atoms with E-state index >= 15 is 0 Å². The summed E-state index contributed by atoms with van der Waals surface area (Å²) in [6.45, 7) is 2.71. The summed E-state index contributed by atoms with van der Waals surface area (Å²) in [6.07, 6.45) is 4.45. The van der Waals surface area contributed by atoms with Gasteiger partial charge in [-0.2, -0.15) is 4.98 Å². The van der Waals surface area contributed by atoms with Gasteiger partial charge >= 0.3 is 0 Å². The van der Waals surface area contributed by atoms with Crippen molar-refractivity contribution in [3.05, 3.63) is 64.9 Å². The zero-order valence-corrected chi connectivity index (χ0v) is 14.1. The summed E-state index contributed by atoms with van der Waals surface area (Å²) in [5.74, 6) is 0.934. The molecule has 122 valence electrons. The highest BCUT2D eigenvalue weighted by Gasteiger charge is 2.09. The molecule has 3 aromatic rings. The van der Waals surface area contributed by atoms with Gasteiger partial charge in [0.05, 0.1) is 5.69 Å². The summed E-state index contributed by atoms with van der Waals surface area (Å²) in [4.78, 5) is 12.6. The Morgan fingerprint density at radius 1 is 1.12 bits per heavy atom. The van der Waals surface area contributed by atoms with Gasteiger partial charge in [-0.1, -0.05) is 23.7 Å². The molecule has 24 heavy (non-hydrogen) atoms. The summed E-state index contributed by atoms with van der Waals surface area (Å²) >= 11 is 6.20. The Morgan fingerprint density at radius 3 is 2.71 bits per heavy atom. The zero-order valence-electron chi connectivity index (χ0n) is 13.3. The molecule has 6 heteroatoms. The number of hydrogen-bond acceptors (Lipinski definition) is 5. The number of nitrogens with zero attached hydrogens (tertiary/aromatic N) is 3. The maximum atomic E-state index is 6.20. The van der Waals surface area contributed by atoms with E-state index < -0.39 is 0 Å². The Labute approximate surface area is 145 Å². The molecule has 2 heterocycles. The monoisotopic (exact) mass is 339 g/mol. The van der Waals surface area contributed by atoms with Gasteiger partial charge in [0.2, 0.25) is 5.95 Å². The van der Waals surface area contributed by atoms with Crippen LogP contribution in [-0.4, -0.2) is 21.5 Å². The van der Waals surface area contributed by atoms with E-state index in [0.717, 1.165) is 29.8 Å². The van der Waals surface area contributed by atoms with Crippen molar-refractivity contribution in [3.63, 3.8) is 0 Å². The highest BCUT2D eigenvalue weighted by atomic mass is 35.5. The molecule has 0 fully saturated rings. The molecule has 0 bridgehead atoms. The Kier molecular flexibility index (Phi) is 4.91. The maximum Gasteiger partial charge on any atom is 0.222 e. The average molecular weight is 340 g/mol. The van der Waals surface area contributed by atoms with E-state index in [9.17, 15) is 0 Å². The van der Waals surface area contributed by atoms with E-state index in [0.29, 0.717) is 10.8 Å². The Morgan fingerprint density at radius 2 is 1.92 bits per heavy atom. The molecule has 0 saturated carbocycles. The van der Waals surface area contributed by atoms with Crippen LogP contribution in [0.1, 0.15) is 11.1 Å². The van der Waals surface area contributed by atoms with Crippen molar-refractivity contribution in [2.24, 2.45) is 0 Å². The molecular formula is C18H18ClN5. The molecule has 0 atom stereocenters. The van der Waals surface area contributed by atoms with E-state index in [-0.39, 0.29) is 5.95 Å². The Hall–Kier alpha value is -2.66. The van der Waals surface area contributed by atoms with Crippen molar-refractivity contribution >= 4 is 23.4 Å². The number of nitrogens with two attached hydrogens (primary N) is 1. The molecule has 0 aliphatic heterocycles. The summed E-state index contributed by atoms with van der Waals surface area (Å²) < 4.78 is 0. The van der Waals surface area contributed by atoms with Crippen LogP contribution < -0.4 is 11.1 Å². The number of nitrogen functional groups attached to an aromatic ring is 1. The van der Waals surface area contributed by atoms with E-state index in [1.165, 1.54) is 5.56 Å². The van der Waals surface area contributed by atoms with E-state index in [4.69, 9.17) is 17.3 Å². The lowest BCUT2D eigenvalue weighted by Crippen LogP contribution is -2.08. The molecule has 2 aromatic heterocycles. The van der Waals surface area contributed by atoms with Crippen LogP contribution in [-0.2, 0) is 6.42 Å². The minimum absolute atomic E-state index is 0.235. The van der Waals surface area contributed by atoms with E-state index in [1.54, 1.807) is 12.4 Å². The molecule has 5 nitrogen and oxygen atoms in total. The lowest BCUT2D eigenvalue weighted by molar-refractivity contribution is 0.996. The molecule has 0 unspecified atom stereocenters. The largest absolute Gasteiger partial charge is 0.370 e. The standard InChI is InChI=1S/C18H18ClN5/c1-12-14(3-2-4-15(12)19)16-11-17(24-18(20)23-16)22-10-7-13-5-8-21-9-6-13/h2-6,8-9,11H,7,10H2,1H3,(H3,20,22,23,24). The summed E-state index contributed by atoms with van der Waals surface area (Å²) in [5.41, 5.74) is 9.76. The number of hydrogen-bond donors (Lipinski definition) is 2. The van der Waals surface area contributed by atoms with Crippen LogP contribution in [0.25, 0.3) is 11.3 Å².